The average molecular weight is 297 g/mol. The molecule has 2 saturated heterocycles. The summed E-state index contributed by atoms with van der Waals surface area (Å²) in [4.78, 5) is 26.3. The number of hydrogen-bond acceptors (Lipinski definition) is 4. The van der Waals surface area contributed by atoms with E-state index in [2.05, 4.69) is 10.6 Å². The number of aliphatic hydroxyl groups is 1. The summed E-state index contributed by atoms with van der Waals surface area (Å²) in [5.41, 5.74) is 0. The van der Waals surface area contributed by atoms with Crippen LogP contribution in [0.25, 0.3) is 0 Å². The minimum atomic E-state index is 0.0146. The van der Waals surface area contributed by atoms with Gasteiger partial charge in [0.25, 0.3) is 0 Å². The molecule has 2 heterocycles. The second-order valence-corrected chi connectivity index (χ2v) is 5.99. The Balaban J connectivity index is 1.72. The van der Waals surface area contributed by atoms with Crippen molar-refractivity contribution in [2.45, 2.75) is 32.1 Å². The molecule has 2 fully saturated rings. The Kier molecular flexibility index (Phi) is 6.45. The first kappa shape index (κ1) is 16.2. The standard InChI is InChI=1S/C15H27N3O3/c19-11-1-6-17-14(20)12-4-9-18(10-5-12)15(21)13-2-7-16-8-3-13/h12-13,16,19H,1-11H2,(H,17,20). The van der Waals surface area contributed by atoms with Crippen LogP contribution in [0.3, 0.4) is 0 Å². The van der Waals surface area contributed by atoms with Crippen LogP contribution in [0.1, 0.15) is 32.1 Å². The number of hydrogen-bond donors (Lipinski definition) is 3. The van der Waals surface area contributed by atoms with Crippen LogP contribution in [-0.2, 0) is 9.59 Å². The summed E-state index contributed by atoms with van der Waals surface area (Å²) in [6, 6.07) is 0. The lowest BCUT2D eigenvalue weighted by Gasteiger charge is -2.34. The third-order valence-corrected chi connectivity index (χ3v) is 4.50. The minimum absolute atomic E-state index is 0.0146. The number of nitrogens with one attached hydrogen (secondary N) is 2. The maximum absolute atomic E-state index is 12.4. The summed E-state index contributed by atoms with van der Waals surface area (Å²) in [6.45, 7) is 3.88. The predicted octanol–water partition coefficient (Wildman–Crippen LogP) is -0.277. The largest absolute Gasteiger partial charge is 0.396 e. The molecular weight excluding hydrogens is 270 g/mol. The van der Waals surface area contributed by atoms with Crippen LogP contribution in [0.4, 0.5) is 0 Å². The molecular formula is C15H27N3O3. The van der Waals surface area contributed by atoms with Gasteiger partial charge in [-0.25, -0.2) is 0 Å². The van der Waals surface area contributed by atoms with Crippen molar-refractivity contribution in [1.29, 1.82) is 0 Å². The van der Waals surface area contributed by atoms with Crippen molar-refractivity contribution >= 4 is 11.8 Å². The van der Waals surface area contributed by atoms with Crippen LogP contribution in [0.5, 0.6) is 0 Å². The molecule has 0 atom stereocenters. The Bertz CT molecular complexity index is 348. The second kappa shape index (κ2) is 8.34. The van der Waals surface area contributed by atoms with Gasteiger partial charge in [0.15, 0.2) is 0 Å². The van der Waals surface area contributed by atoms with Gasteiger partial charge in [-0.1, -0.05) is 0 Å². The summed E-state index contributed by atoms with van der Waals surface area (Å²) < 4.78 is 0. The molecule has 0 aromatic carbocycles. The van der Waals surface area contributed by atoms with Crippen LogP contribution in [-0.4, -0.2) is 61.2 Å². The van der Waals surface area contributed by atoms with E-state index in [0.29, 0.717) is 26.1 Å². The number of carbonyl (C=O) groups excluding carboxylic acids is 2. The minimum Gasteiger partial charge on any atom is -0.396 e. The molecule has 0 bridgehead atoms. The van der Waals surface area contributed by atoms with Crippen molar-refractivity contribution in [3.63, 3.8) is 0 Å². The third kappa shape index (κ3) is 4.68. The Morgan fingerprint density at radius 1 is 1.10 bits per heavy atom. The summed E-state index contributed by atoms with van der Waals surface area (Å²) >= 11 is 0. The van der Waals surface area contributed by atoms with Crippen molar-refractivity contribution in [1.82, 2.24) is 15.5 Å². The summed E-state index contributed by atoms with van der Waals surface area (Å²) in [7, 11) is 0. The Morgan fingerprint density at radius 2 is 1.76 bits per heavy atom. The number of carbonyl (C=O) groups is 2. The van der Waals surface area contributed by atoms with E-state index in [1.165, 1.54) is 0 Å². The monoisotopic (exact) mass is 297 g/mol. The van der Waals surface area contributed by atoms with Gasteiger partial charge in [-0.15, -0.1) is 0 Å². The molecule has 0 aromatic heterocycles. The fourth-order valence-electron chi connectivity index (χ4n) is 3.12. The zero-order valence-corrected chi connectivity index (χ0v) is 12.6. The number of piperidine rings is 2. The quantitative estimate of drug-likeness (QED) is 0.610. The normalized spacial score (nSPS) is 21.3. The van der Waals surface area contributed by atoms with E-state index in [1.807, 2.05) is 4.90 Å². The van der Waals surface area contributed by atoms with E-state index in [4.69, 9.17) is 5.11 Å². The average Bonchev–Trinajstić information content (AvgIpc) is 2.55. The molecule has 2 aliphatic rings. The van der Waals surface area contributed by atoms with Gasteiger partial charge < -0.3 is 20.6 Å². The molecule has 0 saturated carbocycles. The molecule has 0 aromatic rings. The SMILES string of the molecule is O=C(NCCCO)C1CCN(C(=O)C2CCNCC2)CC1. The molecule has 0 spiro atoms. The van der Waals surface area contributed by atoms with E-state index >= 15 is 0 Å². The van der Waals surface area contributed by atoms with Gasteiger partial charge >= 0.3 is 0 Å². The molecule has 2 rings (SSSR count). The highest BCUT2D eigenvalue weighted by molar-refractivity contribution is 5.81. The van der Waals surface area contributed by atoms with Crippen LogP contribution >= 0.6 is 0 Å². The number of amides is 2. The highest BCUT2D eigenvalue weighted by Gasteiger charge is 2.31. The maximum atomic E-state index is 12.4. The van der Waals surface area contributed by atoms with E-state index in [9.17, 15) is 9.59 Å². The van der Waals surface area contributed by atoms with Crippen molar-refractivity contribution in [2.24, 2.45) is 11.8 Å². The zero-order chi connectivity index (χ0) is 15.1. The number of likely N-dealkylation sites (tertiary alicyclic amines) is 1. The van der Waals surface area contributed by atoms with Crippen molar-refractivity contribution < 1.29 is 14.7 Å². The first-order valence-corrected chi connectivity index (χ1v) is 8.10. The van der Waals surface area contributed by atoms with Gasteiger partial charge in [0.1, 0.15) is 0 Å². The van der Waals surface area contributed by atoms with Gasteiger partial charge in [0, 0.05) is 38.1 Å². The molecule has 21 heavy (non-hydrogen) atoms. The lowest BCUT2D eigenvalue weighted by atomic mass is 9.92. The van der Waals surface area contributed by atoms with Gasteiger partial charge in [-0.3, -0.25) is 9.59 Å². The Morgan fingerprint density at radius 3 is 2.38 bits per heavy atom. The van der Waals surface area contributed by atoms with E-state index < -0.39 is 0 Å². The highest BCUT2D eigenvalue weighted by Crippen LogP contribution is 2.22. The van der Waals surface area contributed by atoms with Crippen LogP contribution < -0.4 is 10.6 Å². The molecule has 120 valence electrons. The van der Waals surface area contributed by atoms with E-state index in [1.54, 1.807) is 0 Å². The molecule has 3 N–H and O–H groups in total. The van der Waals surface area contributed by atoms with E-state index in [-0.39, 0.29) is 30.3 Å². The third-order valence-electron chi connectivity index (χ3n) is 4.50. The predicted molar refractivity (Wildman–Crippen MR) is 79.6 cm³/mol. The lowest BCUT2D eigenvalue weighted by molar-refractivity contribution is -0.139. The van der Waals surface area contributed by atoms with Crippen LogP contribution in [0, 0.1) is 11.8 Å². The molecule has 6 heteroatoms. The lowest BCUT2D eigenvalue weighted by Crippen LogP contribution is -2.46. The molecule has 0 radical (unpaired) electrons. The smallest absolute Gasteiger partial charge is 0.225 e. The van der Waals surface area contributed by atoms with E-state index in [0.717, 1.165) is 38.8 Å². The number of aliphatic hydroxyl groups excluding tert-OH is 1. The van der Waals surface area contributed by atoms with Gasteiger partial charge in [0.05, 0.1) is 0 Å². The number of rotatable bonds is 5. The molecule has 0 unspecified atom stereocenters. The highest BCUT2D eigenvalue weighted by atomic mass is 16.3. The van der Waals surface area contributed by atoms with Gasteiger partial charge in [0.2, 0.25) is 11.8 Å². The zero-order valence-electron chi connectivity index (χ0n) is 12.6. The fourth-order valence-corrected chi connectivity index (χ4v) is 3.12. The van der Waals surface area contributed by atoms with Crippen LogP contribution in [0.2, 0.25) is 0 Å². The maximum Gasteiger partial charge on any atom is 0.225 e. The molecule has 0 aliphatic carbocycles. The fraction of sp³-hybridized carbons (Fsp3) is 0.867. The Labute approximate surface area is 126 Å². The summed E-state index contributed by atoms with van der Waals surface area (Å²) in [5, 5.41) is 14.8. The molecule has 6 nitrogen and oxygen atoms in total. The van der Waals surface area contributed by atoms with Crippen molar-refractivity contribution in [3.8, 4) is 0 Å². The van der Waals surface area contributed by atoms with Gasteiger partial charge in [-0.2, -0.15) is 0 Å². The molecule has 2 aliphatic heterocycles. The van der Waals surface area contributed by atoms with Crippen LogP contribution in [0.15, 0.2) is 0 Å². The topological polar surface area (TPSA) is 81.7 Å². The van der Waals surface area contributed by atoms with Crippen molar-refractivity contribution in [2.75, 3.05) is 39.3 Å². The molecule has 2 amide bonds. The van der Waals surface area contributed by atoms with Crippen molar-refractivity contribution in [3.05, 3.63) is 0 Å². The summed E-state index contributed by atoms with van der Waals surface area (Å²) in [5.74, 6) is 0.523. The van der Waals surface area contributed by atoms with Gasteiger partial charge in [-0.05, 0) is 45.2 Å². The first-order chi connectivity index (χ1) is 10.2. The Hall–Kier alpha value is -1.14. The first-order valence-electron chi connectivity index (χ1n) is 8.10. The summed E-state index contributed by atoms with van der Waals surface area (Å²) in [6.07, 6.45) is 3.96. The number of nitrogens with zero attached hydrogens (tertiary/aromatic N) is 1. The second-order valence-electron chi connectivity index (χ2n) is 5.99.